The van der Waals surface area contributed by atoms with Crippen LogP contribution in [0.3, 0.4) is 0 Å². The van der Waals surface area contributed by atoms with E-state index in [0.717, 1.165) is 11.8 Å². The molecule has 0 radical (unpaired) electrons. The van der Waals surface area contributed by atoms with Gasteiger partial charge < -0.3 is 0 Å². The summed E-state index contributed by atoms with van der Waals surface area (Å²) in [6, 6.07) is 6.29. The lowest BCUT2D eigenvalue weighted by molar-refractivity contribution is 0.456. The van der Waals surface area contributed by atoms with Gasteiger partial charge in [-0.1, -0.05) is 11.6 Å². The van der Waals surface area contributed by atoms with E-state index in [-0.39, 0.29) is 21.5 Å². The lowest BCUT2D eigenvalue weighted by Crippen LogP contribution is -2.30. The molecule has 2 bridgehead atoms. The molecule has 1 aromatic rings. The number of sulfonamides is 1. The standard InChI is InChI=1S/C15H15ClN2O2S/c16-12-6-11(4-3-10(12)7-17)21(19,20)18-15-13-8-1-2-9(5-8)14(13)15/h3-4,6,8-9,13-15,18H,1-2,5H2. The number of rotatable bonds is 3. The van der Waals surface area contributed by atoms with Gasteiger partial charge in [-0.15, -0.1) is 0 Å². The van der Waals surface area contributed by atoms with E-state index in [1.807, 2.05) is 6.07 Å². The molecule has 6 heteroatoms. The summed E-state index contributed by atoms with van der Waals surface area (Å²) in [5, 5.41) is 9.02. The summed E-state index contributed by atoms with van der Waals surface area (Å²) in [5.41, 5.74) is 0.289. The number of halogens is 1. The predicted molar refractivity (Wildman–Crippen MR) is 78.1 cm³/mol. The highest BCUT2D eigenvalue weighted by atomic mass is 35.5. The molecule has 3 aliphatic rings. The quantitative estimate of drug-likeness (QED) is 0.929. The van der Waals surface area contributed by atoms with Gasteiger partial charge in [0.15, 0.2) is 0 Å². The minimum atomic E-state index is -3.55. The van der Waals surface area contributed by atoms with Crippen molar-refractivity contribution in [3.05, 3.63) is 28.8 Å². The van der Waals surface area contributed by atoms with Crippen LogP contribution in [0.25, 0.3) is 0 Å². The average molecular weight is 323 g/mol. The van der Waals surface area contributed by atoms with Gasteiger partial charge in [0.2, 0.25) is 10.0 Å². The first-order valence-electron chi connectivity index (χ1n) is 7.23. The van der Waals surface area contributed by atoms with E-state index in [4.69, 9.17) is 16.9 Å². The molecule has 4 nitrogen and oxygen atoms in total. The number of nitrogens with one attached hydrogen (secondary N) is 1. The molecular weight excluding hydrogens is 308 g/mol. The highest BCUT2D eigenvalue weighted by Gasteiger charge is 2.65. The molecular formula is C15H15ClN2O2S. The maximum absolute atomic E-state index is 12.4. The molecule has 110 valence electrons. The molecule has 0 saturated heterocycles. The van der Waals surface area contributed by atoms with E-state index in [2.05, 4.69) is 4.72 Å². The second kappa shape index (κ2) is 4.45. The lowest BCUT2D eigenvalue weighted by Gasteiger charge is -2.11. The van der Waals surface area contributed by atoms with Gasteiger partial charge >= 0.3 is 0 Å². The van der Waals surface area contributed by atoms with Gasteiger partial charge in [0.1, 0.15) is 6.07 Å². The molecule has 3 aliphatic carbocycles. The molecule has 3 fully saturated rings. The van der Waals surface area contributed by atoms with Crippen LogP contribution in [0.2, 0.25) is 5.02 Å². The van der Waals surface area contributed by atoms with Gasteiger partial charge in [-0.05, 0) is 61.1 Å². The number of nitrogens with zero attached hydrogens (tertiary/aromatic N) is 1. The Morgan fingerprint density at radius 3 is 2.48 bits per heavy atom. The second-order valence-electron chi connectivity index (χ2n) is 6.39. The summed E-state index contributed by atoms with van der Waals surface area (Å²) in [6.07, 6.45) is 3.80. The van der Waals surface area contributed by atoms with E-state index < -0.39 is 10.0 Å². The number of hydrogen-bond donors (Lipinski definition) is 1. The van der Waals surface area contributed by atoms with Crippen LogP contribution in [0.15, 0.2) is 23.1 Å². The molecule has 21 heavy (non-hydrogen) atoms. The van der Waals surface area contributed by atoms with E-state index in [1.165, 1.54) is 37.5 Å². The minimum absolute atomic E-state index is 0.107. The normalized spacial score (nSPS) is 36.3. The van der Waals surface area contributed by atoms with Crippen molar-refractivity contribution in [1.82, 2.24) is 4.72 Å². The monoisotopic (exact) mass is 322 g/mol. The third kappa shape index (κ3) is 2.01. The van der Waals surface area contributed by atoms with Crippen molar-refractivity contribution >= 4 is 21.6 Å². The fraction of sp³-hybridized carbons (Fsp3) is 0.533. The summed E-state index contributed by atoms with van der Waals surface area (Å²) in [5.74, 6) is 2.54. The largest absolute Gasteiger partial charge is 0.240 e. The molecule has 0 aliphatic heterocycles. The SMILES string of the molecule is N#Cc1ccc(S(=O)(=O)NC2C3C4CCC(C4)C23)cc1Cl. The first-order valence-corrected chi connectivity index (χ1v) is 9.09. The zero-order valence-electron chi connectivity index (χ0n) is 11.3. The molecule has 0 aromatic heterocycles. The number of hydrogen-bond acceptors (Lipinski definition) is 3. The second-order valence-corrected chi connectivity index (χ2v) is 8.51. The Bertz CT molecular complexity index is 739. The Kier molecular flexibility index (Phi) is 2.88. The number of fused-ring (bicyclic) bond motifs is 5. The Morgan fingerprint density at radius 2 is 1.90 bits per heavy atom. The van der Waals surface area contributed by atoms with Crippen LogP contribution < -0.4 is 4.72 Å². The lowest BCUT2D eigenvalue weighted by atomic mass is 10.0. The van der Waals surface area contributed by atoms with Crippen molar-refractivity contribution in [2.24, 2.45) is 23.7 Å². The Morgan fingerprint density at radius 1 is 1.24 bits per heavy atom. The summed E-state index contributed by atoms with van der Waals surface area (Å²) in [4.78, 5) is 0.142. The summed E-state index contributed by atoms with van der Waals surface area (Å²) in [7, 11) is -3.55. The van der Waals surface area contributed by atoms with Gasteiger partial charge in [0.05, 0.1) is 15.5 Å². The molecule has 4 atom stereocenters. The van der Waals surface area contributed by atoms with Crippen LogP contribution in [-0.4, -0.2) is 14.5 Å². The van der Waals surface area contributed by atoms with Gasteiger partial charge in [-0.25, -0.2) is 13.1 Å². The van der Waals surface area contributed by atoms with E-state index in [9.17, 15) is 8.42 Å². The first-order chi connectivity index (χ1) is 10.0. The Balaban J connectivity index is 1.55. The fourth-order valence-corrected chi connectivity index (χ4v) is 6.10. The van der Waals surface area contributed by atoms with Crippen molar-refractivity contribution in [2.75, 3.05) is 0 Å². The van der Waals surface area contributed by atoms with Crippen molar-refractivity contribution in [2.45, 2.75) is 30.2 Å². The van der Waals surface area contributed by atoms with Crippen LogP contribution in [0.1, 0.15) is 24.8 Å². The molecule has 4 unspecified atom stereocenters. The van der Waals surface area contributed by atoms with Crippen LogP contribution in [-0.2, 0) is 10.0 Å². The van der Waals surface area contributed by atoms with Gasteiger partial charge in [-0.2, -0.15) is 5.26 Å². The zero-order chi connectivity index (χ0) is 14.8. The van der Waals surface area contributed by atoms with E-state index in [1.54, 1.807) is 0 Å². The molecule has 1 aromatic carbocycles. The topological polar surface area (TPSA) is 70.0 Å². The molecule has 4 rings (SSSR count). The van der Waals surface area contributed by atoms with Crippen LogP contribution in [0, 0.1) is 35.0 Å². The highest BCUT2D eigenvalue weighted by molar-refractivity contribution is 7.89. The molecule has 0 amide bonds. The average Bonchev–Trinajstić information content (AvgIpc) is 2.85. The van der Waals surface area contributed by atoms with Crippen molar-refractivity contribution < 1.29 is 8.42 Å². The molecule has 3 saturated carbocycles. The Hall–Kier alpha value is -1.09. The van der Waals surface area contributed by atoms with Crippen molar-refractivity contribution in [3.63, 3.8) is 0 Å². The predicted octanol–water partition coefficient (Wildman–Crippen LogP) is 2.53. The van der Waals surface area contributed by atoms with Crippen LogP contribution in [0.5, 0.6) is 0 Å². The van der Waals surface area contributed by atoms with E-state index >= 15 is 0 Å². The molecule has 0 heterocycles. The summed E-state index contributed by atoms with van der Waals surface area (Å²) in [6.45, 7) is 0. The van der Waals surface area contributed by atoms with Gasteiger partial charge in [-0.3, -0.25) is 0 Å². The molecule has 1 N–H and O–H groups in total. The first kappa shape index (κ1) is 13.6. The summed E-state index contributed by atoms with van der Waals surface area (Å²) < 4.78 is 27.7. The summed E-state index contributed by atoms with van der Waals surface area (Å²) >= 11 is 5.93. The highest BCUT2D eigenvalue weighted by Crippen LogP contribution is 2.65. The Labute approximate surface area is 129 Å². The van der Waals surface area contributed by atoms with Crippen molar-refractivity contribution in [3.8, 4) is 6.07 Å². The number of benzene rings is 1. The van der Waals surface area contributed by atoms with Gasteiger partial charge in [0, 0.05) is 6.04 Å². The maximum atomic E-state index is 12.4. The maximum Gasteiger partial charge on any atom is 0.240 e. The number of nitriles is 1. The zero-order valence-corrected chi connectivity index (χ0v) is 12.9. The van der Waals surface area contributed by atoms with E-state index in [0.29, 0.717) is 11.8 Å². The van der Waals surface area contributed by atoms with Crippen LogP contribution in [0.4, 0.5) is 0 Å². The van der Waals surface area contributed by atoms with Gasteiger partial charge in [0.25, 0.3) is 0 Å². The third-order valence-electron chi connectivity index (χ3n) is 5.40. The smallest absolute Gasteiger partial charge is 0.207 e. The fourth-order valence-electron chi connectivity index (χ4n) is 4.48. The van der Waals surface area contributed by atoms with Crippen LogP contribution >= 0.6 is 11.6 Å². The van der Waals surface area contributed by atoms with Crippen molar-refractivity contribution in [1.29, 1.82) is 5.26 Å². The molecule has 0 spiro atoms. The minimum Gasteiger partial charge on any atom is -0.207 e. The third-order valence-corrected chi connectivity index (χ3v) is 7.17.